The lowest BCUT2D eigenvalue weighted by Crippen LogP contribution is -2.54. The fourth-order valence-electron chi connectivity index (χ4n) is 8.67. The van der Waals surface area contributed by atoms with E-state index in [1.54, 1.807) is 24.3 Å². The van der Waals surface area contributed by atoms with Crippen molar-refractivity contribution in [3.05, 3.63) is 82.8 Å². The average Bonchev–Trinajstić information content (AvgIpc) is 3.51. The van der Waals surface area contributed by atoms with Gasteiger partial charge in [-0.1, -0.05) is 56.4 Å². The van der Waals surface area contributed by atoms with Crippen LogP contribution in [-0.4, -0.2) is 123 Å². The quantitative estimate of drug-likeness (QED) is 0.0867. The number of aromatic nitrogens is 2. The lowest BCUT2D eigenvalue weighted by molar-refractivity contribution is -0.136. The Balaban J connectivity index is 0.711. The van der Waals surface area contributed by atoms with Gasteiger partial charge in [0.25, 0.3) is 17.7 Å². The highest BCUT2D eigenvalue weighted by atomic mass is 16.3. The van der Waals surface area contributed by atoms with Crippen molar-refractivity contribution in [2.75, 3.05) is 49.9 Å². The number of piperidine rings is 2. The molecule has 1 unspecified atom stereocenters. The molecule has 2 atom stereocenters. The number of β-amino-alcohol motifs (C(OH)–C–C–N with tert-alkyl or cyclic N) is 1. The Hall–Kier alpha value is -5.74. The molecule has 324 valence electrons. The zero-order valence-electron chi connectivity index (χ0n) is 34.7. The van der Waals surface area contributed by atoms with Gasteiger partial charge in [0.2, 0.25) is 17.7 Å². The molecule has 2 saturated heterocycles. The number of nitrogens with zero attached hydrogens (tertiary/aromatic N) is 5. The Morgan fingerprint density at radius 3 is 2.34 bits per heavy atom. The number of nitrogens with one attached hydrogen (secondary N) is 4. The SMILES string of the molecule is O=C1CCC(N2C(=O)c3ccc(NCCCCCCCCCC(=O)N4CCC(Nc5cc(C(=O)NC[C@H](O)CN6CCc7ccccc7C6)ncn5)CC4)cc3C2=O)C(=O)N1. The Kier molecular flexibility index (Phi) is 14.7. The number of hydrogen-bond acceptors (Lipinski definition) is 12. The molecule has 5 heterocycles. The van der Waals surface area contributed by atoms with Crippen LogP contribution in [0.4, 0.5) is 11.5 Å². The summed E-state index contributed by atoms with van der Waals surface area (Å²) in [6, 6.07) is 14.2. The van der Waals surface area contributed by atoms with E-state index in [4.69, 9.17) is 0 Å². The summed E-state index contributed by atoms with van der Waals surface area (Å²) in [5.41, 5.74) is 4.14. The minimum Gasteiger partial charge on any atom is -0.390 e. The van der Waals surface area contributed by atoms with Gasteiger partial charge in [-0.15, -0.1) is 0 Å². The predicted octanol–water partition coefficient (Wildman–Crippen LogP) is 3.66. The molecule has 0 spiro atoms. The second kappa shape index (κ2) is 20.7. The Labute approximate surface area is 356 Å². The molecular weight excluding hydrogens is 779 g/mol. The molecule has 4 aliphatic rings. The van der Waals surface area contributed by atoms with Crippen LogP contribution in [-0.2, 0) is 27.3 Å². The van der Waals surface area contributed by atoms with Gasteiger partial charge in [0.05, 0.1) is 17.2 Å². The van der Waals surface area contributed by atoms with Gasteiger partial charge in [-0.3, -0.25) is 43.9 Å². The van der Waals surface area contributed by atoms with Gasteiger partial charge in [0.1, 0.15) is 23.9 Å². The molecule has 6 amide bonds. The van der Waals surface area contributed by atoms with Crippen LogP contribution in [0.5, 0.6) is 0 Å². The van der Waals surface area contributed by atoms with Crippen LogP contribution < -0.4 is 21.3 Å². The minimum atomic E-state index is -0.978. The molecular formula is C45H57N9O7. The van der Waals surface area contributed by atoms with E-state index in [1.807, 2.05) is 11.0 Å². The van der Waals surface area contributed by atoms with Crippen molar-refractivity contribution >= 4 is 46.9 Å². The number of anilines is 2. The van der Waals surface area contributed by atoms with Crippen molar-refractivity contribution in [3.8, 4) is 0 Å². The number of fused-ring (bicyclic) bond motifs is 2. The average molecular weight is 836 g/mol. The van der Waals surface area contributed by atoms with Crippen molar-refractivity contribution < 1.29 is 33.9 Å². The summed E-state index contributed by atoms with van der Waals surface area (Å²) < 4.78 is 0. The summed E-state index contributed by atoms with van der Waals surface area (Å²) in [7, 11) is 0. The van der Waals surface area contributed by atoms with E-state index in [9.17, 15) is 33.9 Å². The molecule has 7 rings (SSSR count). The molecule has 0 saturated carbocycles. The van der Waals surface area contributed by atoms with Crippen molar-refractivity contribution in [2.24, 2.45) is 0 Å². The van der Waals surface area contributed by atoms with Crippen LogP contribution >= 0.6 is 0 Å². The third kappa shape index (κ3) is 11.4. The Morgan fingerprint density at radius 2 is 1.56 bits per heavy atom. The first-order valence-electron chi connectivity index (χ1n) is 21.8. The largest absolute Gasteiger partial charge is 0.390 e. The highest BCUT2D eigenvalue weighted by Gasteiger charge is 2.44. The van der Waals surface area contributed by atoms with Gasteiger partial charge >= 0.3 is 0 Å². The number of imide groups is 2. The first kappa shape index (κ1) is 43.4. The number of carbonyl (C=O) groups excluding carboxylic acids is 6. The molecule has 4 aliphatic heterocycles. The maximum Gasteiger partial charge on any atom is 0.270 e. The van der Waals surface area contributed by atoms with Crippen molar-refractivity contribution in [1.29, 1.82) is 0 Å². The number of unbranched alkanes of at least 4 members (excludes halogenated alkanes) is 6. The summed E-state index contributed by atoms with van der Waals surface area (Å²) in [6.45, 7) is 4.33. The summed E-state index contributed by atoms with van der Waals surface area (Å²) in [6.07, 6.45) is 11.1. The van der Waals surface area contributed by atoms with Gasteiger partial charge in [-0.2, -0.15) is 0 Å². The van der Waals surface area contributed by atoms with Gasteiger partial charge < -0.3 is 26.0 Å². The molecule has 5 N–H and O–H groups in total. The highest BCUT2D eigenvalue weighted by Crippen LogP contribution is 2.30. The van der Waals surface area contributed by atoms with E-state index >= 15 is 0 Å². The Morgan fingerprint density at radius 1 is 0.820 bits per heavy atom. The maximum absolute atomic E-state index is 13.1. The van der Waals surface area contributed by atoms with E-state index in [-0.39, 0.29) is 54.1 Å². The van der Waals surface area contributed by atoms with Crippen molar-refractivity contribution in [3.63, 3.8) is 0 Å². The lowest BCUT2D eigenvalue weighted by Gasteiger charge is -2.32. The second-order valence-electron chi connectivity index (χ2n) is 16.6. The number of likely N-dealkylation sites (tertiary alicyclic amines) is 1. The summed E-state index contributed by atoms with van der Waals surface area (Å²) in [5, 5.41) is 22.4. The lowest BCUT2D eigenvalue weighted by atomic mass is 10.00. The van der Waals surface area contributed by atoms with Gasteiger partial charge in [0.15, 0.2) is 0 Å². The first-order chi connectivity index (χ1) is 29.6. The van der Waals surface area contributed by atoms with Crippen LogP contribution in [0.2, 0.25) is 0 Å². The molecule has 1 aromatic heterocycles. The van der Waals surface area contributed by atoms with Crippen molar-refractivity contribution in [2.45, 2.75) is 108 Å². The van der Waals surface area contributed by atoms with Crippen LogP contribution in [0, 0.1) is 0 Å². The number of aliphatic hydroxyl groups is 1. The summed E-state index contributed by atoms with van der Waals surface area (Å²) >= 11 is 0. The number of benzene rings is 2. The monoisotopic (exact) mass is 835 g/mol. The minimum absolute atomic E-state index is 0.0844. The van der Waals surface area contributed by atoms with Gasteiger partial charge in [0, 0.05) is 76.5 Å². The van der Waals surface area contributed by atoms with Gasteiger partial charge in [-0.25, -0.2) is 9.97 Å². The fraction of sp³-hybridized carbons (Fsp3) is 0.511. The smallest absolute Gasteiger partial charge is 0.270 e. The number of aliphatic hydroxyl groups excluding tert-OH is 1. The molecule has 16 nitrogen and oxygen atoms in total. The number of carbonyl (C=O) groups is 6. The predicted molar refractivity (Wildman–Crippen MR) is 228 cm³/mol. The first-order valence-corrected chi connectivity index (χ1v) is 21.8. The van der Waals surface area contributed by atoms with E-state index in [0.717, 1.165) is 94.4 Å². The molecule has 0 radical (unpaired) electrons. The van der Waals surface area contributed by atoms with Crippen LogP contribution in [0.15, 0.2) is 54.9 Å². The van der Waals surface area contributed by atoms with Crippen LogP contribution in [0.1, 0.15) is 119 Å². The normalized spacial score (nSPS) is 18.7. The second-order valence-corrected chi connectivity index (χ2v) is 16.6. The number of amides is 6. The van der Waals surface area contributed by atoms with E-state index in [1.165, 1.54) is 17.5 Å². The molecule has 3 aromatic rings. The third-order valence-corrected chi connectivity index (χ3v) is 12.1. The molecule has 0 bridgehead atoms. The van der Waals surface area contributed by atoms with Gasteiger partial charge in [-0.05, 0) is 67.9 Å². The maximum atomic E-state index is 13.1. The highest BCUT2D eigenvalue weighted by molar-refractivity contribution is 6.23. The zero-order chi connectivity index (χ0) is 42.7. The third-order valence-electron chi connectivity index (χ3n) is 12.1. The number of hydrogen-bond donors (Lipinski definition) is 5. The molecule has 2 fully saturated rings. The topological polar surface area (TPSA) is 206 Å². The molecule has 61 heavy (non-hydrogen) atoms. The van der Waals surface area contributed by atoms with Crippen LogP contribution in [0.3, 0.4) is 0 Å². The van der Waals surface area contributed by atoms with E-state index in [2.05, 4.69) is 54.3 Å². The summed E-state index contributed by atoms with van der Waals surface area (Å²) in [5.74, 6) is -1.65. The Bertz CT molecular complexity index is 2090. The molecule has 0 aliphatic carbocycles. The molecule has 2 aromatic carbocycles. The standard InChI is InChI=1S/C45H57N9O7/c55-34(28-52-21-17-30-10-7-8-11-31(30)27-52)26-47-42(58)37-25-39(49-29-48-37)50-32-18-22-53(23-19-32)41(57)12-6-4-2-1-3-5-9-20-46-33-13-14-35-36(24-33)45(61)54(44(35)60)38-15-16-40(56)51-43(38)59/h7-8,10-11,13-14,24-25,29,32,34,38,46,55H,1-6,9,12,15-23,26-28H2,(H,47,58)(H,48,49,50)(H,51,56,59)/t34-,38?/m0/s1. The van der Waals surface area contributed by atoms with Crippen molar-refractivity contribution in [1.82, 2.24) is 35.3 Å². The van der Waals surface area contributed by atoms with E-state index in [0.29, 0.717) is 31.9 Å². The fourth-order valence-corrected chi connectivity index (χ4v) is 8.67. The number of rotatable bonds is 19. The zero-order valence-corrected chi connectivity index (χ0v) is 34.7. The summed E-state index contributed by atoms with van der Waals surface area (Å²) in [4.78, 5) is 89.2. The van der Waals surface area contributed by atoms with E-state index < -0.39 is 35.8 Å². The van der Waals surface area contributed by atoms with Crippen LogP contribution in [0.25, 0.3) is 0 Å². The molecule has 16 heteroatoms.